The zero-order chi connectivity index (χ0) is 13.3. The standard InChI is InChI=1S/C10H15N3O4S/c1-7-10(8(2)17-12-7)18(15,16)13-5-3-4-11-9(14)6-13/h3-6H2,1-2H3,(H,11,14). The van der Waals surface area contributed by atoms with Gasteiger partial charge in [-0.2, -0.15) is 4.31 Å². The van der Waals surface area contributed by atoms with Crippen LogP contribution in [0.4, 0.5) is 0 Å². The number of hydrogen-bond acceptors (Lipinski definition) is 5. The molecule has 0 bridgehead atoms. The van der Waals surface area contributed by atoms with Gasteiger partial charge in [0.25, 0.3) is 0 Å². The van der Waals surface area contributed by atoms with Gasteiger partial charge in [-0.3, -0.25) is 4.79 Å². The van der Waals surface area contributed by atoms with Crippen LogP contribution in [-0.4, -0.2) is 43.4 Å². The average molecular weight is 273 g/mol. The van der Waals surface area contributed by atoms with E-state index in [1.54, 1.807) is 13.8 Å². The number of amides is 1. The molecule has 1 fully saturated rings. The van der Waals surface area contributed by atoms with Crippen molar-refractivity contribution in [2.45, 2.75) is 25.2 Å². The first-order valence-corrected chi connectivity index (χ1v) is 7.06. The fourth-order valence-corrected chi connectivity index (χ4v) is 3.68. The molecule has 2 heterocycles. The summed E-state index contributed by atoms with van der Waals surface area (Å²) in [7, 11) is -3.72. The SMILES string of the molecule is Cc1noc(C)c1S(=O)(=O)N1CCCNC(=O)C1. The summed E-state index contributed by atoms with van der Waals surface area (Å²) in [4.78, 5) is 11.5. The second-order valence-electron chi connectivity index (χ2n) is 4.20. The maximum Gasteiger partial charge on any atom is 0.248 e. The van der Waals surface area contributed by atoms with Gasteiger partial charge < -0.3 is 9.84 Å². The lowest BCUT2D eigenvalue weighted by Gasteiger charge is -2.18. The lowest BCUT2D eigenvalue weighted by atomic mass is 10.4. The molecule has 8 heteroatoms. The highest BCUT2D eigenvalue weighted by Gasteiger charge is 2.32. The summed E-state index contributed by atoms with van der Waals surface area (Å²) in [5, 5.41) is 6.28. The van der Waals surface area contributed by atoms with Crippen LogP contribution in [0.5, 0.6) is 0 Å². The Labute approximate surface area is 105 Å². The summed E-state index contributed by atoms with van der Waals surface area (Å²) in [6, 6.07) is 0. The molecular formula is C10H15N3O4S. The molecule has 1 aliphatic heterocycles. The zero-order valence-corrected chi connectivity index (χ0v) is 11.1. The van der Waals surface area contributed by atoms with E-state index in [4.69, 9.17) is 4.52 Å². The van der Waals surface area contributed by atoms with Crippen molar-refractivity contribution in [2.75, 3.05) is 19.6 Å². The van der Waals surface area contributed by atoms with E-state index in [0.29, 0.717) is 25.2 Å². The van der Waals surface area contributed by atoms with Gasteiger partial charge in [0, 0.05) is 13.1 Å². The molecule has 0 aliphatic carbocycles. The van der Waals surface area contributed by atoms with Gasteiger partial charge in [-0.25, -0.2) is 8.42 Å². The largest absolute Gasteiger partial charge is 0.360 e. The van der Waals surface area contributed by atoms with Gasteiger partial charge in [-0.1, -0.05) is 5.16 Å². The van der Waals surface area contributed by atoms with Crippen molar-refractivity contribution in [3.8, 4) is 0 Å². The molecule has 1 aromatic heterocycles. The molecule has 1 amide bonds. The molecule has 0 spiro atoms. The molecular weight excluding hydrogens is 258 g/mol. The van der Waals surface area contributed by atoms with Crippen molar-refractivity contribution in [3.05, 3.63) is 11.5 Å². The van der Waals surface area contributed by atoms with Crippen molar-refractivity contribution in [2.24, 2.45) is 0 Å². The molecule has 0 saturated carbocycles. The first-order valence-electron chi connectivity index (χ1n) is 5.62. The summed E-state index contributed by atoms with van der Waals surface area (Å²) in [5.74, 6) is -0.0417. The fourth-order valence-electron chi connectivity index (χ4n) is 1.96. The number of aromatic nitrogens is 1. The van der Waals surface area contributed by atoms with Crippen molar-refractivity contribution >= 4 is 15.9 Å². The lowest BCUT2D eigenvalue weighted by molar-refractivity contribution is -0.120. The molecule has 1 N–H and O–H groups in total. The number of sulfonamides is 1. The van der Waals surface area contributed by atoms with E-state index >= 15 is 0 Å². The van der Waals surface area contributed by atoms with Gasteiger partial charge in [0.15, 0.2) is 5.76 Å². The van der Waals surface area contributed by atoms with Crippen molar-refractivity contribution in [1.29, 1.82) is 0 Å². The van der Waals surface area contributed by atoms with E-state index in [9.17, 15) is 13.2 Å². The van der Waals surface area contributed by atoms with Gasteiger partial charge in [0.1, 0.15) is 10.6 Å². The van der Waals surface area contributed by atoms with E-state index in [0.717, 1.165) is 0 Å². The minimum atomic E-state index is -3.72. The van der Waals surface area contributed by atoms with E-state index in [1.165, 1.54) is 4.31 Å². The summed E-state index contributed by atoms with van der Waals surface area (Å²) < 4.78 is 30.9. The van der Waals surface area contributed by atoms with Crippen LogP contribution in [0.3, 0.4) is 0 Å². The second kappa shape index (κ2) is 4.69. The van der Waals surface area contributed by atoms with Crippen LogP contribution in [0, 0.1) is 13.8 Å². The van der Waals surface area contributed by atoms with Crippen molar-refractivity contribution < 1.29 is 17.7 Å². The summed E-state index contributed by atoms with van der Waals surface area (Å²) in [6.07, 6.45) is 0.592. The van der Waals surface area contributed by atoms with Crippen LogP contribution in [0.1, 0.15) is 17.9 Å². The average Bonchev–Trinajstić information content (AvgIpc) is 2.51. The smallest absolute Gasteiger partial charge is 0.248 e. The Morgan fingerprint density at radius 3 is 2.72 bits per heavy atom. The highest BCUT2D eigenvalue weighted by molar-refractivity contribution is 7.89. The van der Waals surface area contributed by atoms with E-state index < -0.39 is 10.0 Å². The Morgan fingerprint density at radius 1 is 1.39 bits per heavy atom. The van der Waals surface area contributed by atoms with Gasteiger partial charge >= 0.3 is 0 Å². The monoisotopic (exact) mass is 273 g/mol. The minimum absolute atomic E-state index is 0.0669. The van der Waals surface area contributed by atoms with Crippen molar-refractivity contribution in [1.82, 2.24) is 14.8 Å². The molecule has 0 atom stereocenters. The molecule has 7 nitrogen and oxygen atoms in total. The molecule has 1 aromatic rings. The zero-order valence-electron chi connectivity index (χ0n) is 10.3. The third-order valence-corrected chi connectivity index (χ3v) is 4.88. The third-order valence-electron chi connectivity index (χ3n) is 2.79. The van der Waals surface area contributed by atoms with Crippen LogP contribution in [-0.2, 0) is 14.8 Å². The molecule has 100 valence electrons. The van der Waals surface area contributed by atoms with Gasteiger partial charge in [0.2, 0.25) is 15.9 Å². The summed E-state index contributed by atoms with van der Waals surface area (Å²) in [5.41, 5.74) is 0.317. The topological polar surface area (TPSA) is 92.5 Å². The van der Waals surface area contributed by atoms with Gasteiger partial charge in [0.05, 0.1) is 6.54 Å². The highest BCUT2D eigenvalue weighted by atomic mass is 32.2. The molecule has 1 aliphatic rings. The normalized spacial score (nSPS) is 18.4. The van der Waals surface area contributed by atoms with Crippen molar-refractivity contribution in [3.63, 3.8) is 0 Å². The molecule has 2 rings (SSSR count). The summed E-state index contributed by atoms with van der Waals surface area (Å²) in [6.45, 7) is 3.76. The minimum Gasteiger partial charge on any atom is -0.360 e. The predicted molar refractivity (Wildman–Crippen MR) is 62.4 cm³/mol. The van der Waals surface area contributed by atoms with Gasteiger partial charge in [-0.15, -0.1) is 0 Å². The Hall–Kier alpha value is -1.41. The maximum atomic E-state index is 12.4. The Morgan fingerprint density at radius 2 is 2.11 bits per heavy atom. The van der Waals surface area contributed by atoms with Crippen LogP contribution >= 0.6 is 0 Å². The number of rotatable bonds is 2. The number of nitrogens with zero attached hydrogens (tertiary/aromatic N) is 2. The Bertz CT molecular complexity index is 544. The van der Waals surface area contributed by atoms with Crippen LogP contribution in [0.15, 0.2) is 9.42 Å². The summed E-state index contributed by atoms with van der Waals surface area (Å²) >= 11 is 0. The van der Waals surface area contributed by atoms with E-state index in [-0.39, 0.29) is 23.1 Å². The first kappa shape index (κ1) is 13.0. The van der Waals surface area contributed by atoms with E-state index in [2.05, 4.69) is 10.5 Å². The Balaban J connectivity index is 2.39. The number of carbonyl (C=O) groups is 1. The van der Waals surface area contributed by atoms with Crippen LogP contribution in [0.25, 0.3) is 0 Å². The maximum absolute atomic E-state index is 12.4. The number of hydrogen-bond donors (Lipinski definition) is 1. The predicted octanol–water partition coefficient (Wildman–Crippen LogP) is -0.198. The second-order valence-corrected chi connectivity index (χ2v) is 6.07. The molecule has 0 aromatic carbocycles. The van der Waals surface area contributed by atoms with Gasteiger partial charge in [-0.05, 0) is 20.3 Å². The van der Waals surface area contributed by atoms with Crippen LogP contribution in [0.2, 0.25) is 0 Å². The number of aryl methyl sites for hydroxylation is 2. The lowest BCUT2D eigenvalue weighted by Crippen LogP contribution is -2.37. The third kappa shape index (κ3) is 2.25. The van der Waals surface area contributed by atoms with E-state index in [1.807, 2.05) is 0 Å². The molecule has 0 unspecified atom stereocenters. The molecule has 0 radical (unpaired) electrons. The quantitative estimate of drug-likeness (QED) is 0.805. The number of nitrogens with one attached hydrogen (secondary N) is 1. The molecule has 18 heavy (non-hydrogen) atoms. The number of carbonyl (C=O) groups excluding carboxylic acids is 1. The highest BCUT2D eigenvalue weighted by Crippen LogP contribution is 2.23. The first-order chi connectivity index (χ1) is 8.43. The fraction of sp³-hybridized carbons (Fsp3) is 0.600. The Kier molecular flexibility index (Phi) is 3.40. The van der Waals surface area contributed by atoms with Crippen LogP contribution < -0.4 is 5.32 Å². The molecule has 1 saturated heterocycles.